The second-order valence-corrected chi connectivity index (χ2v) is 5.38. The number of carbonyl (C=O) groups excluding carboxylic acids is 1. The maximum atomic E-state index is 12.1. The van der Waals surface area contributed by atoms with Crippen LogP contribution in [0, 0.1) is 0 Å². The van der Waals surface area contributed by atoms with Crippen LogP contribution >= 0.6 is 11.8 Å². The summed E-state index contributed by atoms with van der Waals surface area (Å²) in [4.78, 5) is 20.5. The third kappa shape index (κ3) is 4.68. The third-order valence-electron chi connectivity index (χ3n) is 2.51. The van der Waals surface area contributed by atoms with Crippen LogP contribution in [-0.4, -0.2) is 34.4 Å². The van der Waals surface area contributed by atoms with Crippen LogP contribution in [-0.2, 0) is 0 Å². The van der Waals surface area contributed by atoms with Crippen molar-refractivity contribution in [2.45, 2.75) is 26.2 Å². The van der Waals surface area contributed by atoms with Crippen LogP contribution in [0.15, 0.2) is 6.20 Å². The number of aromatic nitrogens is 2. The normalized spacial score (nSPS) is 10.6. The van der Waals surface area contributed by atoms with Gasteiger partial charge in [-0.05, 0) is 18.4 Å². The van der Waals surface area contributed by atoms with Gasteiger partial charge in [-0.1, -0.05) is 13.8 Å². The summed E-state index contributed by atoms with van der Waals surface area (Å²) >= 11 is 1.75. The Kier molecular flexibility index (Phi) is 6.58. The molecule has 0 atom stereocenters. The van der Waals surface area contributed by atoms with Crippen molar-refractivity contribution in [3.05, 3.63) is 17.7 Å². The van der Waals surface area contributed by atoms with Crippen molar-refractivity contribution in [3.8, 4) is 0 Å². The van der Waals surface area contributed by atoms with Gasteiger partial charge < -0.3 is 10.7 Å². The molecule has 0 aromatic carbocycles. The van der Waals surface area contributed by atoms with Crippen LogP contribution < -0.4 is 16.6 Å². The van der Waals surface area contributed by atoms with E-state index in [4.69, 9.17) is 5.84 Å². The molecule has 0 bridgehead atoms. The number of thioether (sulfide) groups is 1. The average Bonchev–Trinajstić information content (AvgIpc) is 2.42. The van der Waals surface area contributed by atoms with Crippen molar-refractivity contribution in [2.24, 2.45) is 5.84 Å². The molecule has 0 aliphatic rings. The number of anilines is 1. The molecule has 0 saturated heterocycles. The van der Waals surface area contributed by atoms with E-state index >= 15 is 0 Å². The Bertz CT molecular complexity index is 425. The minimum Gasteiger partial charge on any atom is -0.351 e. The van der Waals surface area contributed by atoms with Crippen LogP contribution in [0.4, 0.5) is 5.69 Å². The van der Waals surface area contributed by atoms with E-state index in [2.05, 4.69) is 20.7 Å². The molecule has 7 heteroatoms. The number of rotatable bonds is 7. The first-order chi connectivity index (χ1) is 9.10. The third-order valence-corrected chi connectivity index (χ3v) is 3.20. The Labute approximate surface area is 117 Å². The van der Waals surface area contributed by atoms with Crippen LogP contribution in [0.5, 0.6) is 0 Å². The molecule has 0 radical (unpaired) electrons. The smallest absolute Gasteiger partial charge is 0.272 e. The summed E-state index contributed by atoms with van der Waals surface area (Å²) in [6.45, 7) is 4.58. The quantitative estimate of drug-likeness (QED) is 0.397. The molecule has 0 fully saturated rings. The average molecular weight is 283 g/mol. The molecule has 6 nitrogen and oxygen atoms in total. The molecular weight excluding hydrogens is 262 g/mol. The molecule has 106 valence electrons. The predicted molar refractivity (Wildman–Crippen MR) is 79.3 cm³/mol. The highest BCUT2D eigenvalue weighted by molar-refractivity contribution is 7.98. The van der Waals surface area contributed by atoms with Crippen LogP contribution in [0.25, 0.3) is 0 Å². The first kappa shape index (κ1) is 15.7. The van der Waals surface area contributed by atoms with Gasteiger partial charge in [0.2, 0.25) is 0 Å². The number of nitrogen functional groups attached to an aromatic ring is 1. The maximum absolute atomic E-state index is 12.1. The number of nitrogens with two attached hydrogens (primary N) is 1. The molecule has 0 aliphatic carbocycles. The Morgan fingerprint density at radius 1 is 1.53 bits per heavy atom. The van der Waals surface area contributed by atoms with Gasteiger partial charge in [-0.15, -0.1) is 0 Å². The molecule has 1 aromatic rings. The second kappa shape index (κ2) is 7.96. The van der Waals surface area contributed by atoms with Crippen molar-refractivity contribution in [3.63, 3.8) is 0 Å². The van der Waals surface area contributed by atoms with Crippen molar-refractivity contribution in [2.75, 3.05) is 24.0 Å². The first-order valence-electron chi connectivity index (χ1n) is 6.20. The number of nitrogens with zero attached hydrogens (tertiary/aromatic N) is 2. The highest BCUT2D eigenvalue weighted by Crippen LogP contribution is 2.15. The number of hydrogen-bond donors (Lipinski definition) is 3. The molecule has 19 heavy (non-hydrogen) atoms. The monoisotopic (exact) mass is 283 g/mol. The summed E-state index contributed by atoms with van der Waals surface area (Å²) in [7, 11) is 0. The lowest BCUT2D eigenvalue weighted by Crippen LogP contribution is -2.28. The Hall–Kier alpha value is -1.34. The molecular formula is C12H21N5OS. The molecule has 1 aromatic heterocycles. The molecule has 0 unspecified atom stereocenters. The summed E-state index contributed by atoms with van der Waals surface area (Å²) in [6, 6.07) is 0. The fourth-order valence-electron chi connectivity index (χ4n) is 1.45. The van der Waals surface area contributed by atoms with Crippen LogP contribution in [0.1, 0.15) is 42.5 Å². The Morgan fingerprint density at radius 3 is 2.84 bits per heavy atom. The second-order valence-electron chi connectivity index (χ2n) is 4.39. The summed E-state index contributed by atoms with van der Waals surface area (Å²) in [5.74, 6) is 6.97. The van der Waals surface area contributed by atoms with Crippen molar-refractivity contribution in [1.29, 1.82) is 0 Å². The van der Waals surface area contributed by atoms with Gasteiger partial charge in [0.1, 0.15) is 5.82 Å². The zero-order chi connectivity index (χ0) is 14.3. The van der Waals surface area contributed by atoms with Gasteiger partial charge in [-0.3, -0.25) is 10.6 Å². The van der Waals surface area contributed by atoms with E-state index < -0.39 is 0 Å². The fourth-order valence-corrected chi connectivity index (χ4v) is 1.89. The van der Waals surface area contributed by atoms with Gasteiger partial charge in [-0.25, -0.2) is 9.97 Å². The number of nitrogens with one attached hydrogen (secondary N) is 2. The molecule has 0 spiro atoms. The van der Waals surface area contributed by atoms with E-state index in [0.717, 1.165) is 12.2 Å². The van der Waals surface area contributed by atoms with E-state index in [1.807, 2.05) is 20.1 Å². The molecule has 0 aliphatic heterocycles. The SMILES string of the molecule is CSCCCNC(=O)c1nc(C(C)C)ncc1NN. The number of carbonyl (C=O) groups is 1. The van der Waals surface area contributed by atoms with Crippen LogP contribution in [0.2, 0.25) is 0 Å². The molecule has 0 saturated carbocycles. The first-order valence-corrected chi connectivity index (χ1v) is 7.60. The van der Waals surface area contributed by atoms with E-state index in [-0.39, 0.29) is 11.8 Å². The van der Waals surface area contributed by atoms with E-state index in [9.17, 15) is 4.79 Å². The van der Waals surface area contributed by atoms with E-state index in [1.165, 1.54) is 0 Å². The lowest BCUT2D eigenvalue weighted by atomic mass is 10.2. The summed E-state index contributed by atoms with van der Waals surface area (Å²) in [5.41, 5.74) is 3.19. The van der Waals surface area contributed by atoms with Crippen LogP contribution in [0.3, 0.4) is 0 Å². The number of hydrazine groups is 1. The highest BCUT2D eigenvalue weighted by atomic mass is 32.2. The van der Waals surface area contributed by atoms with Crippen molar-refractivity contribution in [1.82, 2.24) is 15.3 Å². The summed E-state index contributed by atoms with van der Waals surface area (Å²) in [5, 5.41) is 2.84. The molecule has 1 heterocycles. The zero-order valence-electron chi connectivity index (χ0n) is 11.6. The van der Waals surface area contributed by atoms with Gasteiger partial charge in [-0.2, -0.15) is 11.8 Å². The van der Waals surface area contributed by atoms with Crippen molar-refractivity contribution < 1.29 is 4.79 Å². The van der Waals surface area contributed by atoms with Gasteiger partial charge in [0.15, 0.2) is 5.69 Å². The standard InChI is InChI=1S/C12H21N5OS/c1-8(2)11-15-7-9(17-13)10(16-11)12(18)14-5-4-6-19-3/h7-8,17H,4-6,13H2,1-3H3,(H,14,18). The largest absolute Gasteiger partial charge is 0.351 e. The van der Waals surface area contributed by atoms with Gasteiger partial charge in [0, 0.05) is 12.5 Å². The summed E-state index contributed by atoms with van der Waals surface area (Å²) < 4.78 is 0. The lowest BCUT2D eigenvalue weighted by Gasteiger charge is -2.11. The maximum Gasteiger partial charge on any atom is 0.272 e. The number of hydrogen-bond acceptors (Lipinski definition) is 6. The highest BCUT2D eigenvalue weighted by Gasteiger charge is 2.15. The van der Waals surface area contributed by atoms with E-state index in [1.54, 1.807) is 18.0 Å². The fraction of sp³-hybridized carbons (Fsp3) is 0.583. The minimum atomic E-state index is -0.224. The minimum absolute atomic E-state index is 0.162. The van der Waals surface area contributed by atoms with Gasteiger partial charge in [0.25, 0.3) is 5.91 Å². The van der Waals surface area contributed by atoms with Crippen molar-refractivity contribution >= 4 is 23.4 Å². The van der Waals surface area contributed by atoms with Gasteiger partial charge in [0.05, 0.1) is 11.9 Å². The molecule has 1 rings (SSSR count). The molecule has 1 amide bonds. The zero-order valence-corrected chi connectivity index (χ0v) is 12.4. The Balaban J connectivity index is 2.78. The Morgan fingerprint density at radius 2 is 2.26 bits per heavy atom. The molecule has 4 N–H and O–H groups in total. The number of amides is 1. The van der Waals surface area contributed by atoms with E-state index in [0.29, 0.717) is 23.8 Å². The lowest BCUT2D eigenvalue weighted by molar-refractivity contribution is 0.0949. The predicted octanol–water partition coefficient (Wildman–Crippen LogP) is 1.37. The topological polar surface area (TPSA) is 92.9 Å². The van der Waals surface area contributed by atoms with Gasteiger partial charge >= 0.3 is 0 Å². The summed E-state index contributed by atoms with van der Waals surface area (Å²) in [6.07, 6.45) is 4.51.